The van der Waals surface area contributed by atoms with Crippen molar-refractivity contribution < 1.29 is 19.7 Å². The van der Waals surface area contributed by atoms with E-state index in [-0.39, 0.29) is 23.8 Å². The Morgan fingerprint density at radius 1 is 1.19 bits per heavy atom. The molecule has 2 aliphatic rings. The maximum Gasteiger partial charge on any atom is 0.225 e. The van der Waals surface area contributed by atoms with Crippen molar-refractivity contribution >= 4 is 17.5 Å². The molecule has 4 N–H and O–H groups in total. The number of rotatable bonds is 9. The fraction of sp³-hybridized carbons (Fsp3) is 0.552. The van der Waals surface area contributed by atoms with E-state index in [0.29, 0.717) is 44.0 Å². The molecule has 36 heavy (non-hydrogen) atoms. The van der Waals surface area contributed by atoms with Crippen LogP contribution in [-0.4, -0.2) is 60.0 Å². The molecule has 6 nitrogen and oxygen atoms in total. The summed E-state index contributed by atoms with van der Waals surface area (Å²) in [5.41, 5.74) is 7.68. The SMILES string of the molecule is COCCCC[C@@](O)(c1ccccc1-c1cccc(Cl)c1)C1CCCN(C(=O)[C@H]2C[C@@H](N)[C@@H](O)C2)C1. The quantitative estimate of drug-likeness (QED) is 0.432. The van der Waals surface area contributed by atoms with Gasteiger partial charge in [-0.05, 0) is 73.8 Å². The molecule has 1 amide bonds. The molecule has 1 unspecified atom stereocenters. The van der Waals surface area contributed by atoms with E-state index in [0.717, 1.165) is 42.4 Å². The van der Waals surface area contributed by atoms with E-state index < -0.39 is 11.7 Å². The van der Waals surface area contributed by atoms with Crippen molar-refractivity contribution in [3.8, 4) is 11.1 Å². The third-order valence-corrected chi connectivity index (χ3v) is 8.26. The topological polar surface area (TPSA) is 96.0 Å². The van der Waals surface area contributed by atoms with E-state index in [2.05, 4.69) is 0 Å². The zero-order valence-electron chi connectivity index (χ0n) is 21.1. The van der Waals surface area contributed by atoms with Gasteiger partial charge in [0.25, 0.3) is 0 Å². The van der Waals surface area contributed by atoms with Crippen LogP contribution in [0.1, 0.15) is 50.5 Å². The summed E-state index contributed by atoms with van der Waals surface area (Å²) in [5, 5.41) is 23.2. The van der Waals surface area contributed by atoms with Crippen LogP contribution in [0.4, 0.5) is 0 Å². The standard InChI is InChI=1S/C29H39ClN2O4/c1-36-15-5-4-13-29(35,25-12-3-2-11-24(25)20-8-6-10-23(30)16-20)22-9-7-14-32(19-22)28(34)21-17-26(31)27(33)18-21/h2-3,6,8,10-12,16,21-22,26-27,33,35H,4-5,7,9,13-15,17-19,31H2,1H3/t21-,22?,26+,27-,29-/m0/s1. The van der Waals surface area contributed by atoms with Gasteiger partial charge in [-0.3, -0.25) is 4.79 Å². The summed E-state index contributed by atoms with van der Waals surface area (Å²) in [6.45, 7) is 1.81. The van der Waals surface area contributed by atoms with Gasteiger partial charge in [-0.25, -0.2) is 0 Å². The molecule has 0 bridgehead atoms. The molecule has 1 aliphatic heterocycles. The fourth-order valence-electron chi connectivity index (χ4n) is 6.04. The average Bonchev–Trinajstić information content (AvgIpc) is 3.24. The van der Waals surface area contributed by atoms with E-state index in [1.807, 2.05) is 53.4 Å². The van der Waals surface area contributed by atoms with Crippen molar-refractivity contribution in [2.24, 2.45) is 17.6 Å². The van der Waals surface area contributed by atoms with Crippen molar-refractivity contribution in [3.63, 3.8) is 0 Å². The van der Waals surface area contributed by atoms with Gasteiger partial charge in [-0.2, -0.15) is 0 Å². The van der Waals surface area contributed by atoms with Gasteiger partial charge >= 0.3 is 0 Å². The Balaban J connectivity index is 1.64. The highest BCUT2D eigenvalue weighted by Gasteiger charge is 2.44. The number of carbonyl (C=O) groups excluding carboxylic acids is 1. The molecule has 2 aromatic carbocycles. The number of hydrogen-bond donors (Lipinski definition) is 3. The van der Waals surface area contributed by atoms with Crippen LogP contribution in [-0.2, 0) is 15.1 Å². The van der Waals surface area contributed by atoms with Crippen LogP contribution in [0.2, 0.25) is 5.02 Å². The average molecular weight is 515 g/mol. The molecule has 1 aliphatic carbocycles. The number of piperidine rings is 1. The Morgan fingerprint density at radius 2 is 2.00 bits per heavy atom. The molecule has 0 spiro atoms. The van der Waals surface area contributed by atoms with Crippen LogP contribution in [0.25, 0.3) is 11.1 Å². The Bertz CT molecular complexity index is 1020. The molecule has 0 radical (unpaired) electrons. The van der Waals surface area contributed by atoms with Gasteiger partial charge < -0.3 is 25.6 Å². The lowest BCUT2D eigenvalue weighted by Gasteiger charge is -2.44. The first-order chi connectivity index (χ1) is 17.3. The number of likely N-dealkylation sites (tertiary alicyclic amines) is 1. The van der Waals surface area contributed by atoms with Crippen LogP contribution < -0.4 is 5.73 Å². The summed E-state index contributed by atoms with van der Waals surface area (Å²) in [6.07, 6.45) is 4.21. The van der Waals surface area contributed by atoms with Gasteiger partial charge in [0, 0.05) is 49.7 Å². The van der Waals surface area contributed by atoms with Crippen molar-refractivity contribution in [2.75, 3.05) is 26.8 Å². The molecule has 196 valence electrons. The Labute approximate surface area is 219 Å². The Morgan fingerprint density at radius 3 is 2.72 bits per heavy atom. The number of methoxy groups -OCH3 is 1. The molecular formula is C29H39ClN2O4. The molecular weight excluding hydrogens is 476 g/mol. The molecule has 5 atom stereocenters. The van der Waals surface area contributed by atoms with Crippen molar-refractivity contribution in [1.82, 2.24) is 4.90 Å². The molecule has 2 aromatic rings. The van der Waals surface area contributed by atoms with E-state index in [9.17, 15) is 15.0 Å². The van der Waals surface area contributed by atoms with E-state index in [4.69, 9.17) is 22.1 Å². The molecule has 1 heterocycles. The van der Waals surface area contributed by atoms with Gasteiger partial charge in [0.05, 0.1) is 11.7 Å². The highest BCUT2D eigenvalue weighted by molar-refractivity contribution is 6.30. The third kappa shape index (κ3) is 5.95. The normalized spacial score (nSPS) is 26.1. The fourth-order valence-corrected chi connectivity index (χ4v) is 6.23. The third-order valence-electron chi connectivity index (χ3n) is 8.02. The zero-order chi connectivity index (χ0) is 25.7. The molecule has 2 fully saturated rings. The van der Waals surface area contributed by atoms with Crippen LogP contribution in [0.3, 0.4) is 0 Å². The number of amides is 1. The van der Waals surface area contributed by atoms with Crippen molar-refractivity contribution in [3.05, 3.63) is 59.1 Å². The second-order valence-corrected chi connectivity index (χ2v) is 10.9. The second-order valence-electron chi connectivity index (χ2n) is 10.5. The van der Waals surface area contributed by atoms with Gasteiger partial charge in [0.1, 0.15) is 0 Å². The molecule has 7 heteroatoms. The zero-order valence-corrected chi connectivity index (χ0v) is 21.9. The lowest BCUT2D eigenvalue weighted by atomic mass is 9.72. The number of carbonyl (C=O) groups is 1. The number of aliphatic hydroxyl groups is 2. The van der Waals surface area contributed by atoms with E-state index in [1.165, 1.54) is 0 Å². The summed E-state index contributed by atoms with van der Waals surface area (Å²) in [6, 6.07) is 15.4. The minimum atomic E-state index is -1.11. The van der Waals surface area contributed by atoms with Gasteiger partial charge in [-0.15, -0.1) is 0 Å². The highest BCUT2D eigenvalue weighted by Crippen LogP contribution is 2.44. The maximum atomic E-state index is 13.4. The highest BCUT2D eigenvalue weighted by atomic mass is 35.5. The first-order valence-electron chi connectivity index (χ1n) is 13.1. The minimum absolute atomic E-state index is 0.0524. The Hall–Kier alpha value is -1.96. The van der Waals surface area contributed by atoms with E-state index >= 15 is 0 Å². The predicted molar refractivity (Wildman–Crippen MR) is 143 cm³/mol. The summed E-state index contributed by atoms with van der Waals surface area (Å²) >= 11 is 6.32. The van der Waals surface area contributed by atoms with Crippen LogP contribution in [0.15, 0.2) is 48.5 Å². The van der Waals surface area contributed by atoms with Gasteiger partial charge in [-0.1, -0.05) is 48.0 Å². The lowest BCUT2D eigenvalue weighted by molar-refractivity contribution is -0.141. The van der Waals surface area contributed by atoms with E-state index in [1.54, 1.807) is 7.11 Å². The number of hydrogen-bond acceptors (Lipinski definition) is 5. The largest absolute Gasteiger partial charge is 0.391 e. The molecule has 0 aromatic heterocycles. The predicted octanol–water partition coefficient (Wildman–Crippen LogP) is 4.35. The first-order valence-corrected chi connectivity index (χ1v) is 13.5. The number of ether oxygens (including phenoxy) is 1. The number of nitrogens with two attached hydrogens (primary N) is 1. The van der Waals surface area contributed by atoms with Crippen molar-refractivity contribution in [1.29, 1.82) is 0 Å². The summed E-state index contributed by atoms with van der Waals surface area (Å²) in [5.74, 6) is -0.308. The number of aliphatic hydroxyl groups excluding tert-OH is 1. The van der Waals surface area contributed by atoms with Gasteiger partial charge in [0.15, 0.2) is 0 Å². The number of halogens is 1. The molecule has 4 rings (SSSR count). The maximum absolute atomic E-state index is 13.4. The van der Waals surface area contributed by atoms with Crippen molar-refractivity contribution in [2.45, 2.75) is 62.7 Å². The van der Waals surface area contributed by atoms with Crippen LogP contribution in [0.5, 0.6) is 0 Å². The first kappa shape index (κ1) is 27.1. The molecule has 1 saturated carbocycles. The lowest BCUT2D eigenvalue weighted by Crippen LogP contribution is -2.49. The molecule has 1 saturated heterocycles. The monoisotopic (exact) mass is 514 g/mol. The number of nitrogens with zero attached hydrogens (tertiary/aromatic N) is 1. The second kappa shape index (κ2) is 12.1. The van der Waals surface area contributed by atoms with Crippen LogP contribution >= 0.6 is 11.6 Å². The van der Waals surface area contributed by atoms with Crippen LogP contribution in [0, 0.1) is 11.8 Å². The minimum Gasteiger partial charge on any atom is -0.391 e. The number of benzene rings is 2. The number of unbranched alkanes of at least 4 members (excludes halogenated alkanes) is 1. The van der Waals surface area contributed by atoms with Gasteiger partial charge in [0.2, 0.25) is 5.91 Å². The summed E-state index contributed by atoms with van der Waals surface area (Å²) in [7, 11) is 1.69. The summed E-state index contributed by atoms with van der Waals surface area (Å²) < 4.78 is 5.26. The summed E-state index contributed by atoms with van der Waals surface area (Å²) in [4.78, 5) is 15.3. The Kier molecular flexibility index (Phi) is 9.07. The smallest absolute Gasteiger partial charge is 0.225 e.